The molecule has 0 fully saturated rings. The number of aryl methyl sites for hydroxylation is 1. The van der Waals surface area contributed by atoms with Crippen LogP contribution in [0.4, 0.5) is 28.4 Å². The molecule has 3 nitrogen and oxygen atoms in total. The molecule has 0 bridgehead atoms. The van der Waals surface area contributed by atoms with E-state index in [0.29, 0.717) is 0 Å². The third-order valence-corrected chi connectivity index (χ3v) is 3.69. The van der Waals surface area contributed by atoms with E-state index in [9.17, 15) is 0 Å². The first-order valence-corrected chi connectivity index (χ1v) is 7.71. The smallest absolute Gasteiger partial charge is 0.0385 e. The second kappa shape index (κ2) is 6.88. The summed E-state index contributed by atoms with van der Waals surface area (Å²) in [6.07, 6.45) is 0. The molecule has 0 atom stereocenters. The van der Waals surface area contributed by atoms with Crippen molar-refractivity contribution in [2.75, 3.05) is 23.0 Å². The zero-order valence-electron chi connectivity index (χ0n) is 13.4. The van der Waals surface area contributed by atoms with Crippen molar-refractivity contribution in [2.24, 2.45) is 0 Å². The molecule has 0 radical (unpaired) electrons. The standard InChI is InChI=1S/C20H21N3/c1-15-3-5-17(6-4-15)22-19-11-13-20(14-12-19)23-18-9-7-16(21-2)8-10-18/h3-14,21-23H,1-2H3. The Labute approximate surface area is 137 Å². The molecule has 0 amide bonds. The molecule has 0 saturated carbocycles. The fourth-order valence-electron chi connectivity index (χ4n) is 2.33. The van der Waals surface area contributed by atoms with Crippen LogP contribution in [-0.4, -0.2) is 7.05 Å². The largest absolute Gasteiger partial charge is 0.388 e. The van der Waals surface area contributed by atoms with E-state index >= 15 is 0 Å². The fourth-order valence-corrected chi connectivity index (χ4v) is 2.33. The summed E-state index contributed by atoms with van der Waals surface area (Å²) in [5.41, 5.74) is 6.68. The summed E-state index contributed by atoms with van der Waals surface area (Å²) in [4.78, 5) is 0. The maximum Gasteiger partial charge on any atom is 0.0385 e. The summed E-state index contributed by atoms with van der Waals surface area (Å²) in [7, 11) is 1.92. The highest BCUT2D eigenvalue weighted by atomic mass is 14.9. The van der Waals surface area contributed by atoms with Crippen LogP contribution in [-0.2, 0) is 0 Å². The predicted molar refractivity (Wildman–Crippen MR) is 100 cm³/mol. The maximum absolute atomic E-state index is 3.40. The molecule has 3 N–H and O–H groups in total. The molecule has 3 heteroatoms. The molecule has 0 aliphatic rings. The van der Waals surface area contributed by atoms with E-state index in [1.807, 2.05) is 7.05 Å². The second-order valence-corrected chi connectivity index (χ2v) is 5.52. The van der Waals surface area contributed by atoms with E-state index in [1.165, 1.54) is 5.56 Å². The molecular formula is C20H21N3. The third-order valence-electron chi connectivity index (χ3n) is 3.69. The Morgan fingerprint density at radius 3 is 1.13 bits per heavy atom. The maximum atomic E-state index is 3.40. The van der Waals surface area contributed by atoms with Crippen LogP contribution in [0.25, 0.3) is 0 Å². The first-order valence-electron chi connectivity index (χ1n) is 7.71. The molecule has 23 heavy (non-hydrogen) atoms. The third kappa shape index (κ3) is 4.04. The topological polar surface area (TPSA) is 36.1 Å². The Kier molecular flexibility index (Phi) is 4.48. The summed E-state index contributed by atoms with van der Waals surface area (Å²) in [5.74, 6) is 0. The lowest BCUT2D eigenvalue weighted by Crippen LogP contribution is -1.93. The van der Waals surface area contributed by atoms with Gasteiger partial charge in [0.2, 0.25) is 0 Å². The quantitative estimate of drug-likeness (QED) is 0.580. The summed E-state index contributed by atoms with van der Waals surface area (Å²) in [6.45, 7) is 2.09. The van der Waals surface area contributed by atoms with Crippen molar-refractivity contribution >= 4 is 28.4 Å². The fraction of sp³-hybridized carbons (Fsp3) is 0.100. The van der Waals surface area contributed by atoms with E-state index in [-0.39, 0.29) is 0 Å². The van der Waals surface area contributed by atoms with E-state index in [2.05, 4.69) is 95.7 Å². The molecular weight excluding hydrogens is 282 g/mol. The highest BCUT2D eigenvalue weighted by molar-refractivity contribution is 5.67. The number of hydrogen-bond acceptors (Lipinski definition) is 3. The summed E-state index contributed by atoms with van der Waals surface area (Å²) >= 11 is 0. The molecule has 3 aromatic carbocycles. The van der Waals surface area contributed by atoms with Crippen LogP contribution >= 0.6 is 0 Å². The minimum Gasteiger partial charge on any atom is -0.388 e. The van der Waals surface area contributed by atoms with Gasteiger partial charge in [-0.15, -0.1) is 0 Å². The van der Waals surface area contributed by atoms with Crippen LogP contribution in [0.3, 0.4) is 0 Å². The molecule has 0 unspecified atom stereocenters. The minimum absolute atomic E-state index is 1.07. The Morgan fingerprint density at radius 2 is 0.783 bits per heavy atom. The highest BCUT2D eigenvalue weighted by Gasteiger charge is 1.98. The van der Waals surface area contributed by atoms with Gasteiger partial charge in [0, 0.05) is 35.5 Å². The van der Waals surface area contributed by atoms with Gasteiger partial charge in [-0.25, -0.2) is 0 Å². The molecule has 0 spiro atoms. The van der Waals surface area contributed by atoms with Crippen molar-refractivity contribution in [3.05, 3.63) is 78.4 Å². The molecule has 0 aliphatic heterocycles. The van der Waals surface area contributed by atoms with Gasteiger partial charge in [0.1, 0.15) is 0 Å². The Balaban J connectivity index is 1.65. The first kappa shape index (κ1) is 15.0. The van der Waals surface area contributed by atoms with Crippen LogP contribution in [0.15, 0.2) is 72.8 Å². The molecule has 0 heterocycles. The first-order chi connectivity index (χ1) is 11.2. The molecule has 0 aliphatic carbocycles. The monoisotopic (exact) mass is 303 g/mol. The van der Waals surface area contributed by atoms with Gasteiger partial charge in [0.05, 0.1) is 0 Å². The lowest BCUT2D eigenvalue weighted by molar-refractivity contribution is 1.45. The lowest BCUT2D eigenvalue weighted by Gasteiger charge is -2.10. The van der Waals surface area contributed by atoms with Gasteiger partial charge in [-0.3, -0.25) is 0 Å². The van der Waals surface area contributed by atoms with Gasteiger partial charge >= 0.3 is 0 Å². The van der Waals surface area contributed by atoms with E-state index in [1.54, 1.807) is 0 Å². The Bertz CT molecular complexity index is 744. The number of benzene rings is 3. The van der Waals surface area contributed by atoms with Gasteiger partial charge in [-0.05, 0) is 67.6 Å². The van der Waals surface area contributed by atoms with Crippen LogP contribution in [0.1, 0.15) is 5.56 Å². The van der Waals surface area contributed by atoms with E-state index < -0.39 is 0 Å². The van der Waals surface area contributed by atoms with Crippen molar-refractivity contribution in [2.45, 2.75) is 6.92 Å². The van der Waals surface area contributed by atoms with Crippen molar-refractivity contribution in [1.29, 1.82) is 0 Å². The summed E-state index contributed by atoms with van der Waals surface area (Å²) < 4.78 is 0. The van der Waals surface area contributed by atoms with E-state index in [4.69, 9.17) is 0 Å². The summed E-state index contributed by atoms with van der Waals surface area (Å²) in [5, 5.41) is 9.92. The van der Waals surface area contributed by atoms with E-state index in [0.717, 1.165) is 28.4 Å². The van der Waals surface area contributed by atoms with Gasteiger partial charge in [0.25, 0.3) is 0 Å². The molecule has 3 aromatic rings. The Morgan fingerprint density at radius 1 is 0.478 bits per heavy atom. The van der Waals surface area contributed by atoms with Gasteiger partial charge in [0.15, 0.2) is 0 Å². The Hall–Kier alpha value is -2.94. The highest BCUT2D eigenvalue weighted by Crippen LogP contribution is 2.22. The zero-order chi connectivity index (χ0) is 16.1. The van der Waals surface area contributed by atoms with Crippen LogP contribution in [0.5, 0.6) is 0 Å². The van der Waals surface area contributed by atoms with Crippen LogP contribution in [0, 0.1) is 6.92 Å². The average molecular weight is 303 g/mol. The lowest BCUT2D eigenvalue weighted by atomic mass is 10.2. The van der Waals surface area contributed by atoms with Crippen LogP contribution < -0.4 is 16.0 Å². The molecule has 0 aromatic heterocycles. The average Bonchev–Trinajstić information content (AvgIpc) is 2.59. The minimum atomic E-state index is 1.07. The van der Waals surface area contributed by atoms with Gasteiger partial charge < -0.3 is 16.0 Å². The van der Waals surface area contributed by atoms with Crippen LogP contribution in [0.2, 0.25) is 0 Å². The number of rotatable bonds is 5. The van der Waals surface area contributed by atoms with Crippen molar-refractivity contribution in [3.8, 4) is 0 Å². The number of nitrogens with one attached hydrogen (secondary N) is 3. The van der Waals surface area contributed by atoms with Crippen molar-refractivity contribution < 1.29 is 0 Å². The second-order valence-electron chi connectivity index (χ2n) is 5.52. The number of anilines is 5. The number of hydrogen-bond donors (Lipinski definition) is 3. The SMILES string of the molecule is CNc1ccc(Nc2ccc(Nc3ccc(C)cc3)cc2)cc1. The molecule has 0 saturated heterocycles. The molecule has 116 valence electrons. The predicted octanol–water partition coefficient (Wildman–Crippen LogP) is 5.52. The zero-order valence-corrected chi connectivity index (χ0v) is 13.4. The van der Waals surface area contributed by atoms with Crippen molar-refractivity contribution in [1.82, 2.24) is 0 Å². The van der Waals surface area contributed by atoms with Gasteiger partial charge in [-0.1, -0.05) is 17.7 Å². The molecule has 3 rings (SSSR count). The van der Waals surface area contributed by atoms with Crippen molar-refractivity contribution in [3.63, 3.8) is 0 Å². The normalized spacial score (nSPS) is 10.2. The van der Waals surface area contributed by atoms with Gasteiger partial charge in [-0.2, -0.15) is 0 Å². The summed E-state index contributed by atoms with van der Waals surface area (Å²) in [6, 6.07) is 24.9.